The quantitative estimate of drug-likeness (QED) is 0.835. The molecule has 0 bridgehead atoms. The average Bonchev–Trinajstić information content (AvgIpc) is 2.80. The zero-order chi connectivity index (χ0) is 13.0. The first-order chi connectivity index (χ1) is 8.63. The zero-order valence-corrected chi connectivity index (χ0v) is 11.9. The van der Waals surface area contributed by atoms with Crippen molar-refractivity contribution in [2.24, 2.45) is 17.1 Å². The van der Waals surface area contributed by atoms with E-state index < -0.39 is 0 Å². The molecule has 1 aromatic rings. The molecule has 0 amide bonds. The van der Waals surface area contributed by atoms with E-state index in [1.807, 2.05) is 0 Å². The van der Waals surface area contributed by atoms with Crippen molar-refractivity contribution in [2.75, 3.05) is 6.54 Å². The minimum Gasteiger partial charge on any atom is -0.330 e. The Morgan fingerprint density at radius 2 is 1.61 bits per heavy atom. The Morgan fingerprint density at radius 3 is 2.11 bits per heavy atom. The van der Waals surface area contributed by atoms with Gasteiger partial charge < -0.3 is 5.73 Å². The van der Waals surface area contributed by atoms with Crippen LogP contribution >= 0.6 is 0 Å². The summed E-state index contributed by atoms with van der Waals surface area (Å²) in [5, 5.41) is 0. The van der Waals surface area contributed by atoms with Crippen LogP contribution in [0.3, 0.4) is 0 Å². The Bertz CT molecular complexity index is 358. The summed E-state index contributed by atoms with van der Waals surface area (Å²) in [6.07, 6.45) is 7.72. The van der Waals surface area contributed by atoms with Crippen LogP contribution < -0.4 is 5.73 Å². The van der Waals surface area contributed by atoms with Crippen LogP contribution in [-0.4, -0.2) is 6.54 Å². The van der Waals surface area contributed by atoms with Crippen molar-refractivity contribution >= 4 is 0 Å². The molecule has 2 rings (SSSR count). The SMILES string of the molecule is CC(C)Cc1ccc(CC2(CN)CCCC2)cc1. The van der Waals surface area contributed by atoms with Crippen molar-refractivity contribution in [2.45, 2.75) is 52.4 Å². The van der Waals surface area contributed by atoms with Crippen LogP contribution in [0.15, 0.2) is 24.3 Å². The summed E-state index contributed by atoms with van der Waals surface area (Å²) in [4.78, 5) is 0. The van der Waals surface area contributed by atoms with Crippen LogP contribution in [0.2, 0.25) is 0 Å². The molecule has 0 unspecified atom stereocenters. The first-order valence-corrected chi connectivity index (χ1v) is 7.41. The van der Waals surface area contributed by atoms with Crippen molar-refractivity contribution in [3.63, 3.8) is 0 Å². The molecule has 0 radical (unpaired) electrons. The maximum absolute atomic E-state index is 6.01. The van der Waals surface area contributed by atoms with Crippen LogP contribution in [-0.2, 0) is 12.8 Å². The summed E-state index contributed by atoms with van der Waals surface area (Å²) in [6.45, 7) is 5.40. The number of rotatable bonds is 5. The molecule has 0 heterocycles. The highest BCUT2D eigenvalue weighted by atomic mass is 14.6. The maximum Gasteiger partial charge on any atom is -0.00173 e. The summed E-state index contributed by atoms with van der Waals surface area (Å²) in [5.41, 5.74) is 9.34. The molecule has 0 atom stereocenters. The van der Waals surface area contributed by atoms with Gasteiger partial charge in [0.25, 0.3) is 0 Å². The Hall–Kier alpha value is -0.820. The molecule has 1 heteroatoms. The van der Waals surface area contributed by atoms with E-state index in [0.29, 0.717) is 5.41 Å². The fourth-order valence-electron chi connectivity index (χ4n) is 3.28. The first-order valence-electron chi connectivity index (χ1n) is 7.41. The van der Waals surface area contributed by atoms with Gasteiger partial charge in [-0.3, -0.25) is 0 Å². The second-order valence-electron chi connectivity index (χ2n) is 6.50. The third-order valence-electron chi connectivity index (χ3n) is 4.34. The van der Waals surface area contributed by atoms with E-state index >= 15 is 0 Å². The number of hydrogen-bond donors (Lipinski definition) is 1. The van der Waals surface area contributed by atoms with Gasteiger partial charge in [0.2, 0.25) is 0 Å². The van der Waals surface area contributed by atoms with E-state index in [-0.39, 0.29) is 0 Å². The van der Waals surface area contributed by atoms with Gasteiger partial charge in [0.15, 0.2) is 0 Å². The largest absolute Gasteiger partial charge is 0.330 e. The molecule has 18 heavy (non-hydrogen) atoms. The Balaban J connectivity index is 2.01. The lowest BCUT2D eigenvalue weighted by molar-refractivity contribution is 0.306. The molecule has 0 saturated heterocycles. The maximum atomic E-state index is 6.01. The van der Waals surface area contributed by atoms with Gasteiger partial charge in [-0.2, -0.15) is 0 Å². The van der Waals surface area contributed by atoms with Crippen molar-refractivity contribution in [1.82, 2.24) is 0 Å². The van der Waals surface area contributed by atoms with Gasteiger partial charge in [0, 0.05) is 0 Å². The zero-order valence-electron chi connectivity index (χ0n) is 11.9. The summed E-state index contributed by atoms with van der Waals surface area (Å²) in [7, 11) is 0. The Labute approximate surface area is 112 Å². The van der Waals surface area contributed by atoms with Crippen LogP contribution in [0.25, 0.3) is 0 Å². The van der Waals surface area contributed by atoms with Gasteiger partial charge in [-0.1, -0.05) is 51.0 Å². The van der Waals surface area contributed by atoms with E-state index in [1.165, 1.54) is 49.7 Å². The second-order valence-corrected chi connectivity index (χ2v) is 6.50. The normalized spacial score (nSPS) is 18.4. The monoisotopic (exact) mass is 245 g/mol. The lowest BCUT2D eigenvalue weighted by atomic mass is 9.80. The van der Waals surface area contributed by atoms with Gasteiger partial charge >= 0.3 is 0 Å². The summed E-state index contributed by atoms with van der Waals surface area (Å²) >= 11 is 0. The predicted molar refractivity (Wildman–Crippen MR) is 78.6 cm³/mol. The number of nitrogens with two attached hydrogens (primary N) is 1. The minimum absolute atomic E-state index is 0.402. The second kappa shape index (κ2) is 5.88. The molecule has 1 aliphatic carbocycles. The highest BCUT2D eigenvalue weighted by molar-refractivity contribution is 5.24. The Morgan fingerprint density at radius 1 is 1.06 bits per heavy atom. The smallest absolute Gasteiger partial charge is 0.00173 e. The van der Waals surface area contributed by atoms with E-state index in [9.17, 15) is 0 Å². The molecule has 100 valence electrons. The van der Waals surface area contributed by atoms with Gasteiger partial charge in [-0.25, -0.2) is 0 Å². The van der Waals surface area contributed by atoms with Crippen molar-refractivity contribution < 1.29 is 0 Å². The highest BCUT2D eigenvalue weighted by Gasteiger charge is 2.32. The summed E-state index contributed by atoms with van der Waals surface area (Å²) < 4.78 is 0. The van der Waals surface area contributed by atoms with Gasteiger partial charge in [0.05, 0.1) is 0 Å². The van der Waals surface area contributed by atoms with Crippen LogP contribution in [0, 0.1) is 11.3 Å². The molecule has 0 spiro atoms. The molecule has 1 saturated carbocycles. The predicted octanol–water partition coefficient (Wildman–Crippen LogP) is 3.95. The molecule has 1 aromatic carbocycles. The molecule has 1 nitrogen and oxygen atoms in total. The van der Waals surface area contributed by atoms with Crippen LogP contribution in [0.1, 0.15) is 50.7 Å². The highest BCUT2D eigenvalue weighted by Crippen LogP contribution is 2.39. The molecule has 1 fully saturated rings. The lowest BCUT2D eigenvalue weighted by Crippen LogP contribution is -2.29. The minimum atomic E-state index is 0.402. The molecular formula is C17H27N. The molecule has 1 aliphatic rings. The van der Waals surface area contributed by atoms with Gasteiger partial charge in [0.1, 0.15) is 0 Å². The fraction of sp³-hybridized carbons (Fsp3) is 0.647. The van der Waals surface area contributed by atoms with E-state index in [4.69, 9.17) is 5.73 Å². The lowest BCUT2D eigenvalue weighted by Gasteiger charge is -2.27. The molecule has 2 N–H and O–H groups in total. The standard InChI is InChI=1S/C17H27N/c1-14(2)11-15-5-7-16(8-6-15)12-17(13-18)9-3-4-10-17/h5-8,14H,3-4,9-13,18H2,1-2H3. The van der Waals surface area contributed by atoms with Crippen molar-refractivity contribution in [1.29, 1.82) is 0 Å². The topological polar surface area (TPSA) is 26.0 Å². The summed E-state index contributed by atoms with van der Waals surface area (Å²) in [6, 6.07) is 9.23. The fourth-order valence-corrected chi connectivity index (χ4v) is 3.28. The van der Waals surface area contributed by atoms with Crippen LogP contribution in [0.4, 0.5) is 0 Å². The van der Waals surface area contributed by atoms with Crippen molar-refractivity contribution in [3.05, 3.63) is 35.4 Å². The van der Waals surface area contributed by atoms with Gasteiger partial charge in [-0.05, 0) is 54.7 Å². The van der Waals surface area contributed by atoms with Crippen molar-refractivity contribution in [3.8, 4) is 0 Å². The Kier molecular flexibility index (Phi) is 4.45. The van der Waals surface area contributed by atoms with E-state index in [1.54, 1.807) is 0 Å². The molecule has 0 aliphatic heterocycles. The van der Waals surface area contributed by atoms with Crippen LogP contribution in [0.5, 0.6) is 0 Å². The van der Waals surface area contributed by atoms with E-state index in [2.05, 4.69) is 38.1 Å². The molecular weight excluding hydrogens is 218 g/mol. The summed E-state index contributed by atoms with van der Waals surface area (Å²) in [5.74, 6) is 0.737. The third kappa shape index (κ3) is 3.35. The molecule has 0 aromatic heterocycles. The third-order valence-corrected chi connectivity index (χ3v) is 4.34. The van der Waals surface area contributed by atoms with E-state index in [0.717, 1.165) is 12.5 Å². The first kappa shape index (κ1) is 13.6. The number of benzene rings is 1. The average molecular weight is 245 g/mol. The van der Waals surface area contributed by atoms with Gasteiger partial charge in [-0.15, -0.1) is 0 Å². The number of hydrogen-bond acceptors (Lipinski definition) is 1.